The maximum absolute atomic E-state index is 11.5. The Labute approximate surface area is 93.3 Å². The number of hydrogen-bond donors (Lipinski definition) is 3. The second kappa shape index (κ2) is 5.55. The van der Waals surface area contributed by atoms with Crippen molar-refractivity contribution < 1.29 is 9.59 Å². The van der Waals surface area contributed by atoms with E-state index in [1.807, 2.05) is 0 Å². The first-order valence-corrected chi connectivity index (χ1v) is 4.72. The second-order valence-electron chi connectivity index (χ2n) is 3.05. The first-order valence-electron chi connectivity index (χ1n) is 4.72. The molecule has 5 heteroatoms. The molecule has 84 valence electrons. The maximum atomic E-state index is 11.5. The van der Waals surface area contributed by atoms with E-state index in [2.05, 4.69) is 10.6 Å². The van der Waals surface area contributed by atoms with Crippen molar-refractivity contribution in [1.82, 2.24) is 10.6 Å². The smallest absolute Gasteiger partial charge is 0.325 e. The number of allylic oxidation sites excluding steroid dienone is 1. The van der Waals surface area contributed by atoms with Gasteiger partial charge in [0.05, 0.1) is 0 Å². The van der Waals surface area contributed by atoms with Gasteiger partial charge in [0.1, 0.15) is 0 Å². The number of carbonyl (C=O) groups is 2. The quantitative estimate of drug-likeness (QED) is 0.654. The van der Waals surface area contributed by atoms with Gasteiger partial charge in [-0.3, -0.25) is 10.1 Å². The Hall–Kier alpha value is -2.30. The van der Waals surface area contributed by atoms with Crippen LogP contribution in [0.3, 0.4) is 0 Å². The first kappa shape index (κ1) is 11.8. The third-order valence-electron chi connectivity index (χ3n) is 1.78. The molecule has 1 aromatic carbocycles. The molecule has 0 atom stereocenters. The molecule has 4 N–H and O–H groups in total. The fraction of sp³-hybridized carbons (Fsp3) is 0.0909. The van der Waals surface area contributed by atoms with Crippen LogP contribution in [0.5, 0.6) is 0 Å². The normalized spacial score (nSPS) is 10.1. The number of benzene rings is 1. The number of hydrogen-bond acceptors (Lipinski definition) is 3. The third-order valence-corrected chi connectivity index (χ3v) is 1.78. The van der Waals surface area contributed by atoms with Crippen molar-refractivity contribution in [3.8, 4) is 0 Å². The molecule has 0 saturated heterocycles. The van der Waals surface area contributed by atoms with Gasteiger partial charge in [-0.2, -0.15) is 0 Å². The molecule has 16 heavy (non-hydrogen) atoms. The monoisotopic (exact) mass is 219 g/mol. The Morgan fingerprint density at radius 3 is 2.44 bits per heavy atom. The summed E-state index contributed by atoms with van der Waals surface area (Å²) < 4.78 is 0. The van der Waals surface area contributed by atoms with Crippen LogP contribution in [0.4, 0.5) is 10.5 Å². The lowest BCUT2D eigenvalue weighted by atomic mass is 10.2. The minimum Gasteiger partial charge on any atom is -0.399 e. The van der Waals surface area contributed by atoms with Crippen molar-refractivity contribution in [3.05, 3.63) is 42.1 Å². The van der Waals surface area contributed by atoms with Gasteiger partial charge in [0.2, 0.25) is 0 Å². The molecule has 5 nitrogen and oxygen atoms in total. The number of nitrogen functional groups attached to an aromatic ring is 1. The largest absolute Gasteiger partial charge is 0.399 e. The topological polar surface area (TPSA) is 84.2 Å². The summed E-state index contributed by atoms with van der Waals surface area (Å²) in [5.74, 6) is -0.470. The molecule has 0 aliphatic heterocycles. The van der Waals surface area contributed by atoms with Crippen molar-refractivity contribution in [3.63, 3.8) is 0 Å². The van der Waals surface area contributed by atoms with Crippen molar-refractivity contribution in [2.24, 2.45) is 0 Å². The molecule has 1 rings (SSSR count). The van der Waals surface area contributed by atoms with Crippen LogP contribution in [0.25, 0.3) is 0 Å². The van der Waals surface area contributed by atoms with E-state index in [0.717, 1.165) is 0 Å². The van der Waals surface area contributed by atoms with Crippen LogP contribution in [-0.4, -0.2) is 11.9 Å². The number of nitrogens with one attached hydrogen (secondary N) is 2. The van der Waals surface area contributed by atoms with E-state index in [4.69, 9.17) is 5.73 Å². The number of urea groups is 1. The van der Waals surface area contributed by atoms with Crippen LogP contribution >= 0.6 is 0 Å². The summed E-state index contributed by atoms with van der Waals surface area (Å²) in [6.07, 6.45) is 3.08. The summed E-state index contributed by atoms with van der Waals surface area (Å²) in [6.45, 7) is 1.75. The standard InChI is InChI=1S/C11H13N3O2/c1-2-7-13-11(16)14-10(15)8-3-5-9(12)6-4-8/h2-7H,12H2,1H3,(H2,13,14,15,16)/b7-2+. The van der Waals surface area contributed by atoms with E-state index in [0.29, 0.717) is 11.3 Å². The summed E-state index contributed by atoms with van der Waals surface area (Å²) >= 11 is 0. The molecule has 0 radical (unpaired) electrons. The van der Waals surface area contributed by atoms with Crippen molar-refractivity contribution in [1.29, 1.82) is 0 Å². The molecular formula is C11H13N3O2. The Bertz CT molecular complexity index is 410. The lowest BCUT2D eigenvalue weighted by molar-refractivity contribution is 0.0965. The molecule has 1 aromatic rings. The average molecular weight is 219 g/mol. The van der Waals surface area contributed by atoms with Gasteiger partial charge in [0.15, 0.2) is 0 Å². The maximum Gasteiger partial charge on any atom is 0.325 e. The molecule has 3 amide bonds. The minimum absolute atomic E-state index is 0.379. The number of anilines is 1. The van der Waals surface area contributed by atoms with Gasteiger partial charge in [-0.25, -0.2) is 4.79 Å². The highest BCUT2D eigenvalue weighted by Crippen LogP contribution is 2.04. The predicted octanol–water partition coefficient (Wildman–Crippen LogP) is 1.24. The van der Waals surface area contributed by atoms with E-state index >= 15 is 0 Å². The summed E-state index contributed by atoms with van der Waals surface area (Å²) in [5, 5.41) is 4.54. The molecule has 0 saturated carbocycles. The van der Waals surface area contributed by atoms with E-state index in [9.17, 15) is 9.59 Å². The number of carbonyl (C=O) groups excluding carboxylic acids is 2. The number of rotatable bonds is 2. The zero-order valence-corrected chi connectivity index (χ0v) is 8.86. The van der Waals surface area contributed by atoms with E-state index < -0.39 is 11.9 Å². The van der Waals surface area contributed by atoms with E-state index in [1.165, 1.54) is 6.20 Å². The summed E-state index contributed by atoms with van der Waals surface area (Å²) in [6, 6.07) is 5.72. The highest BCUT2D eigenvalue weighted by Gasteiger charge is 2.08. The summed E-state index contributed by atoms with van der Waals surface area (Å²) in [7, 11) is 0. The van der Waals surface area contributed by atoms with Gasteiger partial charge in [-0.05, 0) is 31.2 Å². The van der Waals surface area contributed by atoms with Gasteiger partial charge in [-0.1, -0.05) is 6.08 Å². The molecule has 0 fully saturated rings. The number of nitrogens with two attached hydrogens (primary N) is 1. The molecular weight excluding hydrogens is 206 g/mol. The number of imide groups is 1. The Kier molecular flexibility index (Phi) is 4.08. The van der Waals surface area contributed by atoms with Crippen molar-refractivity contribution >= 4 is 17.6 Å². The Morgan fingerprint density at radius 1 is 1.25 bits per heavy atom. The second-order valence-corrected chi connectivity index (χ2v) is 3.05. The average Bonchev–Trinajstić information content (AvgIpc) is 2.27. The fourth-order valence-corrected chi connectivity index (χ4v) is 1.00. The van der Waals surface area contributed by atoms with Crippen molar-refractivity contribution in [2.45, 2.75) is 6.92 Å². The van der Waals surface area contributed by atoms with Crippen LogP contribution in [0.15, 0.2) is 36.5 Å². The third kappa shape index (κ3) is 3.45. The van der Waals surface area contributed by atoms with Crippen LogP contribution in [0, 0.1) is 0 Å². The molecule has 0 unspecified atom stereocenters. The van der Waals surface area contributed by atoms with Gasteiger partial charge < -0.3 is 11.1 Å². The van der Waals surface area contributed by atoms with Crippen LogP contribution in [0.1, 0.15) is 17.3 Å². The lowest BCUT2D eigenvalue weighted by Gasteiger charge is -2.03. The Morgan fingerprint density at radius 2 is 1.88 bits per heavy atom. The van der Waals surface area contributed by atoms with Crippen LogP contribution < -0.4 is 16.4 Å². The van der Waals surface area contributed by atoms with Gasteiger partial charge >= 0.3 is 6.03 Å². The van der Waals surface area contributed by atoms with Crippen molar-refractivity contribution in [2.75, 3.05) is 5.73 Å². The minimum atomic E-state index is -0.570. The molecule has 0 heterocycles. The Balaban J connectivity index is 2.58. The highest BCUT2D eigenvalue weighted by molar-refractivity contribution is 6.04. The van der Waals surface area contributed by atoms with Gasteiger partial charge in [0.25, 0.3) is 5.91 Å². The zero-order chi connectivity index (χ0) is 12.0. The summed E-state index contributed by atoms with van der Waals surface area (Å²) in [4.78, 5) is 22.6. The fourth-order valence-electron chi connectivity index (χ4n) is 1.00. The first-order chi connectivity index (χ1) is 7.63. The summed E-state index contributed by atoms with van der Waals surface area (Å²) in [5.41, 5.74) is 6.42. The lowest BCUT2D eigenvalue weighted by Crippen LogP contribution is -2.36. The highest BCUT2D eigenvalue weighted by atomic mass is 16.2. The van der Waals surface area contributed by atoms with Crippen LogP contribution in [0.2, 0.25) is 0 Å². The van der Waals surface area contributed by atoms with Crippen LogP contribution in [-0.2, 0) is 0 Å². The number of amides is 3. The van der Waals surface area contributed by atoms with Gasteiger partial charge in [-0.15, -0.1) is 0 Å². The molecule has 0 aromatic heterocycles. The molecule has 0 aliphatic rings. The van der Waals surface area contributed by atoms with E-state index in [1.54, 1.807) is 37.3 Å². The molecule has 0 aliphatic carbocycles. The SMILES string of the molecule is C/C=C/NC(=O)NC(=O)c1ccc(N)cc1. The molecule has 0 spiro atoms. The zero-order valence-electron chi connectivity index (χ0n) is 8.86. The van der Waals surface area contributed by atoms with E-state index in [-0.39, 0.29) is 0 Å². The van der Waals surface area contributed by atoms with Gasteiger partial charge in [0, 0.05) is 17.5 Å². The molecule has 0 bridgehead atoms. The predicted molar refractivity (Wildman–Crippen MR) is 61.7 cm³/mol.